The van der Waals surface area contributed by atoms with Crippen molar-refractivity contribution in [2.45, 2.75) is 40.2 Å². The highest BCUT2D eigenvalue weighted by Gasteiger charge is 2.39. The lowest BCUT2D eigenvalue weighted by atomic mass is 10.4. The van der Waals surface area contributed by atoms with Crippen LogP contribution in [0.15, 0.2) is 12.2 Å². The zero-order chi connectivity index (χ0) is 20.4. The number of hydrogen-bond acceptors (Lipinski definition) is 8. The molecule has 0 aromatic carbocycles. The lowest BCUT2D eigenvalue weighted by molar-refractivity contribution is -0.139. The maximum Gasteiger partial charge on any atom is 0.501 e. The summed E-state index contributed by atoms with van der Waals surface area (Å²) in [5.74, 6) is -0.364. The lowest BCUT2D eigenvalue weighted by Crippen LogP contribution is -2.46. The van der Waals surface area contributed by atoms with Gasteiger partial charge >= 0.3 is 24.3 Å². The summed E-state index contributed by atoms with van der Waals surface area (Å²) in [6, 6.07) is 0.645. The Morgan fingerprint density at radius 3 is 1.62 bits per heavy atom. The Bertz CT molecular complexity index is 342. The van der Waals surface area contributed by atoms with Crippen LogP contribution in [-0.2, 0) is 36.1 Å². The number of rotatable bonds is 14. The maximum atomic E-state index is 11.2. The molecule has 0 heterocycles. The van der Waals surface area contributed by atoms with Gasteiger partial charge in [-0.15, -0.1) is 0 Å². The molecule has 0 aliphatic heterocycles. The van der Waals surface area contributed by atoms with E-state index in [9.17, 15) is 4.79 Å². The molecule has 0 fully saturated rings. The molecule has 0 saturated heterocycles. The van der Waals surface area contributed by atoms with E-state index in [0.717, 1.165) is 0 Å². The summed E-state index contributed by atoms with van der Waals surface area (Å²) < 4.78 is 36.4. The second-order valence-electron chi connectivity index (χ2n) is 5.00. The molecule has 0 spiro atoms. The van der Waals surface area contributed by atoms with Gasteiger partial charge in [0.05, 0.1) is 6.61 Å². The van der Waals surface area contributed by atoms with E-state index in [4.69, 9.17) is 31.3 Å². The van der Waals surface area contributed by atoms with Gasteiger partial charge in [0, 0.05) is 52.8 Å². The van der Waals surface area contributed by atoms with E-state index in [1.807, 2.05) is 20.8 Å². The minimum Gasteiger partial charge on any atom is -0.462 e. The van der Waals surface area contributed by atoms with E-state index in [2.05, 4.69) is 6.58 Å². The fraction of sp³-hybridized carbons (Fsp3) is 0.812. The predicted molar refractivity (Wildman–Crippen MR) is 104 cm³/mol. The molecular formula is C16H36O8Si2. The average molecular weight is 413 g/mol. The van der Waals surface area contributed by atoms with Gasteiger partial charge in [0.15, 0.2) is 0 Å². The van der Waals surface area contributed by atoms with E-state index in [-0.39, 0.29) is 5.97 Å². The highest BCUT2D eigenvalue weighted by atomic mass is 28.4. The molecule has 0 aromatic heterocycles. The summed E-state index contributed by atoms with van der Waals surface area (Å²) >= 11 is 0. The first-order valence-corrected chi connectivity index (χ1v) is 12.0. The van der Waals surface area contributed by atoms with Crippen LogP contribution >= 0.6 is 0 Å². The van der Waals surface area contributed by atoms with Crippen molar-refractivity contribution in [1.82, 2.24) is 0 Å². The Kier molecular flexibility index (Phi) is 18.9. The molecule has 0 rings (SSSR count). The fourth-order valence-corrected chi connectivity index (χ4v) is 5.02. The standard InChI is InChI=1S/C13H26O5Si.C3H10O3Si/c1-6-16-19(17-7-2,18-8-3)11-9-10-15-13(14)12(4)5;1-4-7(5-2)6-3/h4,6-11H2,1-3,5H3;7H,1-3H3. The number of carbonyl (C=O) groups excluding carboxylic acids is 1. The second kappa shape index (κ2) is 17.8. The van der Waals surface area contributed by atoms with E-state index >= 15 is 0 Å². The molecule has 0 aromatic rings. The van der Waals surface area contributed by atoms with E-state index in [1.165, 1.54) is 0 Å². The smallest absolute Gasteiger partial charge is 0.462 e. The first-order chi connectivity index (χ1) is 12.4. The van der Waals surface area contributed by atoms with Crippen molar-refractivity contribution in [3.8, 4) is 0 Å². The van der Waals surface area contributed by atoms with Crippen molar-refractivity contribution in [2.75, 3.05) is 47.8 Å². The summed E-state index contributed by atoms with van der Waals surface area (Å²) in [4.78, 5) is 11.2. The zero-order valence-corrected chi connectivity index (χ0v) is 19.4. The third-order valence-electron chi connectivity index (χ3n) is 2.88. The molecule has 10 heteroatoms. The first kappa shape index (κ1) is 27.6. The van der Waals surface area contributed by atoms with Gasteiger partial charge in [0.1, 0.15) is 0 Å². The summed E-state index contributed by atoms with van der Waals surface area (Å²) in [5, 5.41) is 0. The summed E-state index contributed by atoms with van der Waals surface area (Å²) in [7, 11) is 0.440. The molecule has 0 aliphatic carbocycles. The molecule has 8 nitrogen and oxygen atoms in total. The van der Waals surface area contributed by atoms with Crippen LogP contribution in [0, 0.1) is 0 Å². The molecule has 0 aliphatic rings. The number of carbonyl (C=O) groups is 1. The number of ether oxygens (including phenoxy) is 1. The molecule has 0 atom stereocenters. The molecule has 0 amide bonds. The van der Waals surface area contributed by atoms with E-state index < -0.39 is 18.3 Å². The minimum absolute atomic E-state index is 0.327. The maximum absolute atomic E-state index is 11.2. The average Bonchev–Trinajstić information content (AvgIpc) is 2.61. The van der Waals surface area contributed by atoms with Crippen LogP contribution in [0.2, 0.25) is 6.04 Å². The molecule has 0 unspecified atom stereocenters. The zero-order valence-electron chi connectivity index (χ0n) is 17.3. The molecule has 156 valence electrons. The van der Waals surface area contributed by atoms with Crippen molar-refractivity contribution in [2.24, 2.45) is 0 Å². The van der Waals surface area contributed by atoms with Crippen molar-refractivity contribution >= 4 is 24.3 Å². The SMILES string of the molecule is C=C(C)C(=O)OCCC[Si](OCC)(OCC)OCC.CO[SiH](OC)OC. The molecule has 0 radical (unpaired) electrons. The van der Waals surface area contributed by atoms with Crippen LogP contribution in [0.3, 0.4) is 0 Å². The van der Waals surface area contributed by atoms with Gasteiger partial charge in [-0.2, -0.15) is 0 Å². The molecule has 0 bridgehead atoms. The molecule has 0 N–H and O–H groups in total. The molecule has 26 heavy (non-hydrogen) atoms. The van der Waals surface area contributed by atoms with Crippen LogP contribution in [0.1, 0.15) is 34.1 Å². The van der Waals surface area contributed by atoms with Gasteiger partial charge in [-0.3, -0.25) is 0 Å². The van der Waals surface area contributed by atoms with Gasteiger partial charge in [-0.25, -0.2) is 4.79 Å². The van der Waals surface area contributed by atoms with Crippen LogP contribution in [-0.4, -0.2) is 72.1 Å². The Balaban J connectivity index is 0. The summed E-state index contributed by atoms with van der Waals surface area (Å²) in [6.07, 6.45) is 0.658. The largest absolute Gasteiger partial charge is 0.501 e. The van der Waals surface area contributed by atoms with Crippen LogP contribution in [0.25, 0.3) is 0 Å². The molecule has 0 saturated carbocycles. The van der Waals surface area contributed by atoms with Gasteiger partial charge in [-0.05, 0) is 34.1 Å². The lowest BCUT2D eigenvalue weighted by Gasteiger charge is -2.28. The highest BCUT2D eigenvalue weighted by molar-refractivity contribution is 6.60. The highest BCUT2D eigenvalue weighted by Crippen LogP contribution is 2.18. The quantitative estimate of drug-likeness (QED) is 0.186. The van der Waals surface area contributed by atoms with E-state index in [1.54, 1.807) is 28.3 Å². The topological polar surface area (TPSA) is 81.7 Å². The normalized spacial score (nSPS) is 11.1. The number of hydrogen-bond donors (Lipinski definition) is 0. The summed E-state index contributed by atoms with van der Waals surface area (Å²) in [6.45, 7) is 12.9. The van der Waals surface area contributed by atoms with Crippen LogP contribution < -0.4 is 0 Å². The Labute approximate surface area is 161 Å². The van der Waals surface area contributed by atoms with Gasteiger partial charge in [0.2, 0.25) is 0 Å². The van der Waals surface area contributed by atoms with Crippen molar-refractivity contribution in [1.29, 1.82) is 0 Å². The van der Waals surface area contributed by atoms with Crippen molar-refractivity contribution in [3.05, 3.63) is 12.2 Å². The fourth-order valence-electron chi connectivity index (χ4n) is 1.87. The van der Waals surface area contributed by atoms with Crippen molar-refractivity contribution in [3.63, 3.8) is 0 Å². The predicted octanol–water partition coefficient (Wildman–Crippen LogP) is 2.19. The summed E-state index contributed by atoms with van der Waals surface area (Å²) in [5.41, 5.74) is 0.405. The third-order valence-corrected chi connectivity index (χ3v) is 7.19. The minimum atomic E-state index is -2.61. The molecular weight excluding hydrogens is 376 g/mol. The third kappa shape index (κ3) is 13.6. The second-order valence-corrected chi connectivity index (χ2v) is 9.72. The van der Waals surface area contributed by atoms with E-state index in [0.29, 0.717) is 44.5 Å². The first-order valence-electron chi connectivity index (χ1n) is 8.69. The Morgan fingerprint density at radius 1 is 0.923 bits per heavy atom. The Morgan fingerprint density at radius 2 is 1.35 bits per heavy atom. The van der Waals surface area contributed by atoms with Crippen LogP contribution in [0.4, 0.5) is 0 Å². The van der Waals surface area contributed by atoms with Crippen molar-refractivity contribution < 1.29 is 36.1 Å². The van der Waals surface area contributed by atoms with Gasteiger partial charge < -0.3 is 31.3 Å². The van der Waals surface area contributed by atoms with Crippen LogP contribution in [0.5, 0.6) is 0 Å². The van der Waals surface area contributed by atoms with Gasteiger partial charge in [-0.1, -0.05) is 6.58 Å². The monoisotopic (exact) mass is 412 g/mol. The van der Waals surface area contributed by atoms with Gasteiger partial charge in [0.25, 0.3) is 0 Å². The number of esters is 1. The Hall–Kier alpha value is -0.596.